The minimum absolute atomic E-state index is 0.0750. The first-order valence-electron chi connectivity index (χ1n) is 7.63. The topological polar surface area (TPSA) is 30.7 Å². The summed E-state index contributed by atoms with van der Waals surface area (Å²) in [6.45, 7) is 0. The Balaban J connectivity index is 2.14. The fourth-order valence-electron chi connectivity index (χ4n) is 3.21. The van der Waals surface area contributed by atoms with E-state index < -0.39 is 11.9 Å². The molecule has 0 unspecified atom stereocenters. The molecule has 0 atom stereocenters. The van der Waals surface area contributed by atoms with E-state index in [0.717, 1.165) is 32.1 Å². The van der Waals surface area contributed by atoms with Crippen molar-refractivity contribution in [2.45, 2.75) is 44.2 Å². The lowest BCUT2D eigenvalue weighted by Gasteiger charge is -2.25. The molecule has 124 valence electrons. The van der Waals surface area contributed by atoms with Crippen LogP contribution in [0.2, 0.25) is 5.02 Å². The summed E-state index contributed by atoms with van der Waals surface area (Å²) in [6.07, 6.45) is 3.13. The van der Waals surface area contributed by atoms with Crippen LogP contribution in [-0.4, -0.2) is 14.5 Å². The lowest BCUT2D eigenvalue weighted by molar-refractivity contribution is -0.142. The van der Waals surface area contributed by atoms with Crippen LogP contribution in [0.1, 0.15) is 49.3 Å². The third kappa shape index (κ3) is 3.22. The highest BCUT2D eigenvalue weighted by molar-refractivity contribution is 6.33. The van der Waals surface area contributed by atoms with Crippen molar-refractivity contribution in [3.8, 4) is 11.5 Å². The van der Waals surface area contributed by atoms with Gasteiger partial charge in [-0.2, -0.15) is 13.2 Å². The molecule has 3 rings (SSSR count). The van der Waals surface area contributed by atoms with Gasteiger partial charge in [0.2, 0.25) is 0 Å². The Morgan fingerprint density at radius 2 is 1.91 bits per heavy atom. The molecule has 1 fully saturated rings. The predicted molar refractivity (Wildman–Crippen MR) is 82.3 cm³/mol. The molecule has 0 aliphatic heterocycles. The van der Waals surface area contributed by atoms with Crippen LogP contribution in [0, 0.1) is 0 Å². The van der Waals surface area contributed by atoms with Crippen molar-refractivity contribution in [2.24, 2.45) is 7.05 Å². The average Bonchev–Trinajstić information content (AvgIpc) is 2.92. The normalized spacial score (nSPS) is 16.7. The fraction of sp³-hybridized carbons (Fsp3) is 0.500. The summed E-state index contributed by atoms with van der Waals surface area (Å²) < 4.78 is 42.2. The number of alkyl halides is 3. The van der Waals surface area contributed by atoms with Crippen molar-refractivity contribution in [1.29, 1.82) is 0 Å². The van der Waals surface area contributed by atoms with Gasteiger partial charge < -0.3 is 4.57 Å². The van der Waals surface area contributed by atoms with E-state index >= 15 is 0 Å². The third-order valence-electron chi connectivity index (χ3n) is 4.35. The maximum atomic E-state index is 13.5. The largest absolute Gasteiger partial charge is 0.433 e. The van der Waals surface area contributed by atoms with E-state index in [2.05, 4.69) is 9.97 Å². The van der Waals surface area contributed by atoms with Gasteiger partial charge in [0.05, 0.1) is 5.02 Å². The van der Waals surface area contributed by atoms with Gasteiger partial charge in [0.25, 0.3) is 0 Å². The molecule has 0 N–H and O–H groups in total. The Kier molecular flexibility index (Phi) is 4.36. The molecule has 7 heteroatoms. The molecule has 2 heterocycles. The average molecular weight is 344 g/mol. The SMILES string of the molecule is Cn1ccnc1-c1nc(C(F)(F)F)c(C2CCCCC2)cc1Cl. The molecule has 0 bridgehead atoms. The number of halogens is 4. The summed E-state index contributed by atoms with van der Waals surface area (Å²) >= 11 is 6.25. The summed E-state index contributed by atoms with van der Waals surface area (Å²) in [5.41, 5.74) is -0.530. The van der Waals surface area contributed by atoms with Gasteiger partial charge in [-0.15, -0.1) is 0 Å². The van der Waals surface area contributed by atoms with Crippen LogP contribution in [0.15, 0.2) is 18.5 Å². The van der Waals surface area contributed by atoms with E-state index in [-0.39, 0.29) is 22.2 Å². The number of hydrogen-bond donors (Lipinski definition) is 0. The standard InChI is InChI=1S/C16H17ClF3N3/c1-23-8-7-21-15(23)13-12(17)9-11(10-5-3-2-4-6-10)14(22-13)16(18,19)20/h7-10H,2-6H2,1H3. The zero-order valence-electron chi connectivity index (χ0n) is 12.7. The third-order valence-corrected chi connectivity index (χ3v) is 4.64. The number of rotatable bonds is 2. The molecule has 23 heavy (non-hydrogen) atoms. The smallest absolute Gasteiger partial charge is 0.333 e. The molecule has 0 aromatic carbocycles. The second kappa shape index (κ2) is 6.15. The minimum Gasteiger partial charge on any atom is -0.333 e. The zero-order valence-corrected chi connectivity index (χ0v) is 13.5. The first-order valence-corrected chi connectivity index (χ1v) is 8.01. The highest BCUT2D eigenvalue weighted by atomic mass is 35.5. The second-order valence-corrected chi connectivity index (χ2v) is 6.36. The lowest BCUT2D eigenvalue weighted by Crippen LogP contribution is -2.17. The van der Waals surface area contributed by atoms with E-state index in [1.807, 2.05) is 0 Å². The van der Waals surface area contributed by atoms with Crippen molar-refractivity contribution >= 4 is 11.6 Å². The summed E-state index contributed by atoms with van der Waals surface area (Å²) in [4.78, 5) is 7.94. The van der Waals surface area contributed by atoms with Crippen LogP contribution in [0.25, 0.3) is 11.5 Å². The number of nitrogens with zero attached hydrogens (tertiary/aromatic N) is 3. The maximum absolute atomic E-state index is 13.5. The van der Waals surface area contributed by atoms with Crippen LogP contribution in [0.4, 0.5) is 13.2 Å². The van der Waals surface area contributed by atoms with Crippen molar-refractivity contribution in [1.82, 2.24) is 14.5 Å². The van der Waals surface area contributed by atoms with E-state index in [9.17, 15) is 13.2 Å². The predicted octanol–water partition coefficient (Wildman–Crippen LogP) is 5.20. The molecular weight excluding hydrogens is 327 g/mol. The molecule has 1 aliphatic rings. The van der Waals surface area contributed by atoms with E-state index in [1.54, 1.807) is 17.8 Å². The second-order valence-electron chi connectivity index (χ2n) is 5.95. The Morgan fingerprint density at radius 1 is 1.22 bits per heavy atom. The number of pyridine rings is 1. The Morgan fingerprint density at radius 3 is 2.48 bits per heavy atom. The van der Waals surface area contributed by atoms with Gasteiger partial charge in [0.15, 0.2) is 5.82 Å². The zero-order chi connectivity index (χ0) is 16.6. The van der Waals surface area contributed by atoms with Crippen molar-refractivity contribution in [2.75, 3.05) is 0 Å². The molecule has 0 radical (unpaired) electrons. The van der Waals surface area contributed by atoms with Gasteiger partial charge in [-0.3, -0.25) is 0 Å². The first-order chi connectivity index (χ1) is 10.9. The quantitative estimate of drug-likeness (QED) is 0.750. The highest BCUT2D eigenvalue weighted by Gasteiger charge is 2.38. The van der Waals surface area contributed by atoms with E-state index in [0.29, 0.717) is 5.82 Å². The van der Waals surface area contributed by atoms with Gasteiger partial charge in [-0.1, -0.05) is 30.9 Å². The Hall–Kier alpha value is -1.56. The summed E-state index contributed by atoms with van der Waals surface area (Å²) in [7, 11) is 1.70. The highest BCUT2D eigenvalue weighted by Crippen LogP contribution is 2.42. The summed E-state index contributed by atoms with van der Waals surface area (Å²) in [5, 5.41) is 0.216. The maximum Gasteiger partial charge on any atom is 0.433 e. The van der Waals surface area contributed by atoms with E-state index in [1.165, 1.54) is 12.3 Å². The Labute approximate surface area is 137 Å². The fourth-order valence-corrected chi connectivity index (χ4v) is 3.45. The molecule has 0 spiro atoms. The molecular formula is C16H17ClF3N3. The number of hydrogen-bond acceptors (Lipinski definition) is 2. The molecule has 3 nitrogen and oxygen atoms in total. The summed E-state index contributed by atoms with van der Waals surface area (Å²) in [6, 6.07) is 1.44. The van der Waals surface area contributed by atoms with E-state index in [4.69, 9.17) is 11.6 Å². The number of aryl methyl sites for hydroxylation is 1. The minimum atomic E-state index is -4.50. The van der Waals surface area contributed by atoms with Gasteiger partial charge in [-0.05, 0) is 30.4 Å². The number of imidazole rings is 1. The molecule has 2 aromatic rings. The van der Waals surface area contributed by atoms with Crippen molar-refractivity contribution < 1.29 is 13.2 Å². The van der Waals surface area contributed by atoms with Crippen LogP contribution in [-0.2, 0) is 13.2 Å². The van der Waals surface area contributed by atoms with Crippen LogP contribution in [0.3, 0.4) is 0 Å². The van der Waals surface area contributed by atoms with Crippen molar-refractivity contribution in [3.63, 3.8) is 0 Å². The van der Waals surface area contributed by atoms with Gasteiger partial charge in [-0.25, -0.2) is 9.97 Å². The van der Waals surface area contributed by atoms with Crippen LogP contribution < -0.4 is 0 Å². The molecule has 1 aliphatic carbocycles. The molecule has 2 aromatic heterocycles. The van der Waals surface area contributed by atoms with Crippen LogP contribution in [0.5, 0.6) is 0 Å². The molecule has 0 amide bonds. The van der Waals surface area contributed by atoms with Crippen molar-refractivity contribution in [3.05, 3.63) is 34.7 Å². The van der Waals surface area contributed by atoms with Gasteiger partial charge >= 0.3 is 6.18 Å². The monoisotopic (exact) mass is 343 g/mol. The first kappa shape index (κ1) is 16.3. The van der Waals surface area contributed by atoms with Gasteiger partial charge in [0, 0.05) is 19.4 Å². The number of aromatic nitrogens is 3. The molecule has 1 saturated carbocycles. The Bertz CT molecular complexity index is 703. The van der Waals surface area contributed by atoms with Crippen LogP contribution >= 0.6 is 11.6 Å². The summed E-state index contributed by atoms with van der Waals surface area (Å²) in [5.74, 6) is 0.205. The lowest BCUT2D eigenvalue weighted by atomic mass is 9.83. The van der Waals surface area contributed by atoms with Gasteiger partial charge in [0.1, 0.15) is 11.4 Å². The molecule has 0 saturated heterocycles.